The molecule has 0 aromatic heterocycles. The largest absolute Gasteiger partial charge is 0.490 e. The summed E-state index contributed by atoms with van der Waals surface area (Å²) in [5.74, 6) is -4.16. The fourth-order valence-electron chi connectivity index (χ4n) is 4.61. The SMILES string of the molecule is CC(=O)Nc1ccc2c(c1)C(=O)c1cc(N3CC4CNCC4C3)ccc1-2.O=C(O)C(F)(F)F.O=C(O)C(F)(F)F. The molecule has 0 spiro atoms. The van der Waals surface area contributed by atoms with Crippen LogP contribution in [0.5, 0.6) is 0 Å². The highest BCUT2D eigenvalue weighted by atomic mass is 19.4. The molecule has 2 unspecified atom stereocenters. The van der Waals surface area contributed by atoms with E-state index in [4.69, 9.17) is 19.8 Å². The number of ketones is 1. The van der Waals surface area contributed by atoms with Crippen molar-refractivity contribution in [2.24, 2.45) is 11.8 Å². The molecule has 15 heteroatoms. The first kappa shape index (κ1) is 30.4. The molecule has 216 valence electrons. The number of anilines is 2. The lowest BCUT2D eigenvalue weighted by Gasteiger charge is -2.20. The second-order valence-corrected chi connectivity index (χ2v) is 9.19. The van der Waals surface area contributed by atoms with Gasteiger partial charge >= 0.3 is 24.3 Å². The molecule has 2 fully saturated rings. The molecule has 4 N–H and O–H groups in total. The molecule has 2 atom stereocenters. The number of hydrogen-bond acceptors (Lipinski definition) is 6. The maximum atomic E-state index is 12.9. The number of aliphatic carboxylic acids is 2. The van der Waals surface area contributed by atoms with Gasteiger partial charge in [-0.25, -0.2) is 9.59 Å². The van der Waals surface area contributed by atoms with Crippen molar-refractivity contribution in [3.63, 3.8) is 0 Å². The molecule has 9 nitrogen and oxygen atoms in total. The lowest BCUT2D eigenvalue weighted by atomic mass is 10.0. The molecule has 40 heavy (non-hydrogen) atoms. The number of carboxylic acid groups (broad SMARTS) is 2. The van der Waals surface area contributed by atoms with Crippen LogP contribution in [0.3, 0.4) is 0 Å². The van der Waals surface area contributed by atoms with E-state index in [0.29, 0.717) is 11.3 Å². The Morgan fingerprint density at radius 2 is 1.27 bits per heavy atom. The zero-order valence-corrected chi connectivity index (χ0v) is 20.7. The van der Waals surface area contributed by atoms with E-state index in [1.807, 2.05) is 18.2 Å². The van der Waals surface area contributed by atoms with Gasteiger partial charge in [0.05, 0.1) is 0 Å². The minimum atomic E-state index is -5.08. The number of halogens is 6. The first-order chi connectivity index (χ1) is 18.5. The van der Waals surface area contributed by atoms with Crippen molar-refractivity contribution in [3.05, 3.63) is 47.5 Å². The molecule has 1 aliphatic carbocycles. The summed E-state index contributed by atoms with van der Waals surface area (Å²) in [4.78, 5) is 44.4. The van der Waals surface area contributed by atoms with Crippen LogP contribution in [0, 0.1) is 11.8 Å². The van der Waals surface area contributed by atoms with Crippen LogP contribution in [0.1, 0.15) is 22.8 Å². The molecular formula is C25H23F6N3O6. The average molecular weight is 575 g/mol. The van der Waals surface area contributed by atoms with Crippen molar-refractivity contribution in [1.82, 2.24) is 5.32 Å². The molecule has 0 radical (unpaired) electrons. The maximum Gasteiger partial charge on any atom is 0.490 e. The van der Waals surface area contributed by atoms with Crippen molar-refractivity contribution in [3.8, 4) is 11.1 Å². The predicted octanol–water partition coefficient (Wildman–Crippen LogP) is 3.78. The number of carbonyl (C=O) groups excluding carboxylic acids is 2. The molecule has 2 heterocycles. The van der Waals surface area contributed by atoms with Gasteiger partial charge in [-0.15, -0.1) is 0 Å². The summed E-state index contributed by atoms with van der Waals surface area (Å²) >= 11 is 0. The first-order valence-electron chi connectivity index (χ1n) is 11.7. The van der Waals surface area contributed by atoms with Crippen LogP contribution >= 0.6 is 0 Å². The number of alkyl halides is 6. The van der Waals surface area contributed by atoms with Crippen molar-refractivity contribution in [1.29, 1.82) is 0 Å². The van der Waals surface area contributed by atoms with Crippen LogP contribution in [-0.4, -0.2) is 72.4 Å². The van der Waals surface area contributed by atoms with Gasteiger partial charge in [0.2, 0.25) is 5.91 Å². The zero-order chi connectivity index (χ0) is 30.0. The number of fused-ring (bicyclic) bond motifs is 4. The van der Waals surface area contributed by atoms with E-state index in [0.717, 1.165) is 60.4 Å². The predicted molar refractivity (Wildman–Crippen MR) is 129 cm³/mol. The Morgan fingerprint density at radius 1 is 0.825 bits per heavy atom. The van der Waals surface area contributed by atoms with Gasteiger partial charge in [0.25, 0.3) is 0 Å². The minimum absolute atomic E-state index is 0.0464. The fourth-order valence-corrected chi connectivity index (χ4v) is 4.61. The molecule has 5 rings (SSSR count). The maximum absolute atomic E-state index is 12.9. The number of hydrogen-bond donors (Lipinski definition) is 4. The Hall–Kier alpha value is -4.14. The molecule has 2 saturated heterocycles. The number of rotatable bonds is 2. The number of carboxylic acids is 2. The van der Waals surface area contributed by atoms with E-state index in [1.54, 1.807) is 6.07 Å². The van der Waals surface area contributed by atoms with Crippen LogP contribution in [0.4, 0.5) is 37.7 Å². The van der Waals surface area contributed by atoms with Crippen LogP contribution in [0.15, 0.2) is 36.4 Å². The van der Waals surface area contributed by atoms with Gasteiger partial charge in [-0.3, -0.25) is 9.59 Å². The van der Waals surface area contributed by atoms with Gasteiger partial charge < -0.3 is 25.7 Å². The van der Waals surface area contributed by atoms with Crippen molar-refractivity contribution in [2.75, 3.05) is 36.4 Å². The summed E-state index contributed by atoms with van der Waals surface area (Å²) in [6, 6.07) is 11.8. The monoisotopic (exact) mass is 575 g/mol. The summed E-state index contributed by atoms with van der Waals surface area (Å²) in [5.41, 5.74) is 5.19. The van der Waals surface area contributed by atoms with Crippen molar-refractivity contribution < 1.29 is 55.7 Å². The van der Waals surface area contributed by atoms with Gasteiger partial charge in [0, 0.05) is 55.6 Å². The van der Waals surface area contributed by atoms with E-state index in [9.17, 15) is 35.9 Å². The van der Waals surface area contributed by atoms with Crippen LogP contribution in [-0.2, 0) is 14.4 Å². The molecule has 2 aliphatic heterocycles. The van der Waals surface area contributed by atoms with Gasteiger partial charge in [-0.2, -0.15) is 26.3 Å². The molecule has 3 aliphatic rings. The van der Waals surface area contributed by atoms with E-state index in [2.05, 4.69) is 27.7 Å². The summed E-state index contributed by atoms with van der Waals surface area (Å²) in [5, 5.41) is 20.5. The Balaban J connectivity index is 0.000000263. The molecule has 1 amide bonds. The van der Waals surface area contributed by atoms with Gasteiger partial charge in [-0.05, 0) is 47.2 Å². The molecule has 0 bridgehead atoms. The van der Waals surface area contributed by atoms with Crippen LogP contribution < -0.4 is 15.5 Å². The Kier molecular flexibility index (Phi) is 8.77. The van der Waals surface area contributed by atoms with Crippen molar-refractivity contribution >= 4 is 35.0 Å². The number of amides is 1. The smallest absolute Gasteiger partial charge is 0.475 e. The molecule has 2 aromatic rings. The Labute approximate surface area is 222 Å². The van der Waals surface area contributed by atoms with Gasteiger partial charge in [0.1, 0.15) is 0 Å². The summed E-state index contributed by atoms with van der Waals surface area (Å²) in [7, 11) is 0. The van der Waals surface area contributed by atoms with Crippen LogP contribution in [0.2, 0.25) is 0 Å². The van der Waals surface area contributed by atoms with Gasteiger partial charge in [0.15, 0.2) is 5.78 Å². The number of benzene rings is 2. The third-order valence-electron chi connectivity index (χ3n) is 6.36. The highest BCUT2D eigenvalue weighted by molar-refractivity contribution is 6.22. The molecule has 0 saturated carbocycles. The summed E-state index contributed by atoms with van der Waals surface area (Å²) in [6.45, 7) is 5.79. The fraction of sp³-hybridized carbons (Fsp3) is 0.360. The van der Waals surface area contributed by atoms with E-state index in [-0.39, 0.29) is 11.7 Å². The van der Waals surface area contributed by atoms with Gasteiger partial charge in [-0.1, -0.05) is 12.1 Å². The minimum Gasteiger partial charge on any atom is -0.475 e. The first-order valence-corrected chi connectivity index (χ1v) is 11.7. The van der Waals surface area contributed by atoms with Crippen LogP contribution in [0.25, 0.3) is 11.1 Å². The number of carbonyl (C=O) groups is 4. The zero-order valence-electron chi connectivity index (χ0n) is 20.7. The quantitative estimate of drug-likeness (QED) is 0.339. The lowest BCUT2D eigenvalue weighted by Crippen LogP contribution is -2.25. The summed E-state index contributed by atoms with van der Waals surface area (Å²) < 4.78 is 63.5. The standard InChI is InChI=1S/C21H21N3O2.2C2HF3O2/c1-12(25)23-15-2-4-17-18-5-3-16(7-20(18)21(26)19(17)6-15)24-10-13-8-22-9-14(13)11-24;2*3-2(4,5)1(6)7/h2-7,13-14,22H,8-11H2,1H3,(H,23,25);2*(H,6,7). The third-order valence-corrected chi connectivity index (χ3v) is 6.36. The normalized spacial score (nSPS) is 18.9. The topological polar surface area (TPSA) is 136 Å². The van der Waals surface area contributed by atoms with E-state index in [1.165, 1.54) is 6.92 Å². The Bertz CT molecular complexity index is 1290. The summed E-state index contributed by atoms with van der Waals surface area (Å²) in [6.07, 6.45) is -10.2. The number of nitrogens with one attached hydrogen (secondary N) is 2. The third kappa shape index (κ3) is 7.08. The van der Waals surface area contributed by atoms with E-state index < -0.39 is 24.3 Å². The molecular weight excluding hydrogens is 552 g/mol. The number of nitrogens with zero attached hydrogens (tertiary/aromatic N) is 1. The van der Waals surface area contributed by atoms with E-state index >= 15 is 0 Å². The highest BCUT2D eigenvalue weighted by Gasteiger charge is 2.39. The lowest BCUT2D eigenvalue weighted by molar-refractivity contribution is -0.193. The average Bonchev–Trinajstić information content (AvgIpc) is 3.51. The van der Waals surface area contributed by atoms with Crippen molar-refractivity contribution in [2.45, 2.75) is 19.3 Å². The second-order valence-electron chi connectivity index (χ2n) is 9.19. The highest BCUT2D eigenvalue weighted by Crippen LogP contribution is 2.40. The Morgan fingerprint density at radius 3 is 1.73 bits per heavy atom. The molecule has 2 aromatic carbocycles. The second kappa shape index (κ2) is 11.5.